The predicted octanol–water partition coefficient (Wildman–Crippen LogP) is -3.06. The molecule has 2 fully saturated rings. The molecule has 0 radical (unpaired) electrons. The van der Waals surface area contributed by atoms with Crippen LogP contribution in [0.25, 0.3) is 11.5 Å². The molecule has 2 aliphatic heterocycles. The fraction of sp³-hybridized carbons (Fsp3) is 0.300. The molecule has 0 spiro atoms. The molecule has 0 saturated carbocycles. The van der Waals surface area contributed by atoms with Gasteiger partial charge in [0.25, 0.3) is 0 Å². The maximum Gasteiger partial charge on any atom is 1.00 e. The summed E-state index contributed by atoms with van der Waals surface area (Å²) in [6.45, 7) is 1.26. The molecule has 0 unspecified atom stereocenters. The molecule has 3 aromatic rings. The maximum atomic E-state index is 13.3. The van der Waals surface area contributed by atoms with E-state index < -0.39 is 37.9 Å². The number of fused-ring (bicyclic) bond motifs is 1. The third kappa shape index (κ3) is 2.96. The molecule has 11 heteroatoms. The number of sulfone groups is 1. The van der Waals surface area contributed by atoms with Crippen LogP contribution in [0.5, 0.6) is 0 Å². The first-order valence-corrected chi connectivity index (χ1v) is 11.0. The van der Waals surface area contributed by atoms with Crippen LogP contribution in [0.3, 0.4) is 0 Å². The Hall–Kier alpha value is -2.27. The summed E-state index contributed by atoms with van der Waals surface area (Å²) in [5.74, 6) is -1.35. The van der Waals surface area contributed by atoms with Gasteiger partial charge in [-0.2, -0.15) is 0 Å². The molecule has 0 N–H and O–H groups in total. The molecule has 9 nitrogen and oxygen atoms in total. The summed E-state index contributed by atoms with van der Waals surface area (Å²) in [4.78, 5) is 24.9. The first-order chi connectivity index (χ1) is 14.3. The molecule has 5 heterocycles. The minimum atomic E-state index is -3.94. The molecule has 2 saturated heterocycles. The van der Waals surface area contributed by atoms with Crippen LogP contribution in [-0.4, -0.2) is 55.1 Å². The summed E-state index contributed by atoms with van der Waals surface area (Å²) in [7, 11) is -3.94. The van der Waals surface area contributed by atoms with Gasteiger partial charge in [0.05, 0.1) is 24.1 Å². The van der Waals surface area contributed by atoms with Gasteiger partial charge >= 0.3 is 29.6 Å². The topological polar surface area (TPSA) is 109 Å². The van der Waals surface area contributed by atoms with E-state index in [9.17, 15) is 23.1 Å². The van der Waals surface area contributed by atoms with Gasteiger partial charge < -0.3 is 28.5 Å². The zero-order valence-electron chi connectivity index (χ0n) is 17.1. The zero-order chi connectivity index (χ0) is 21.3. The van der Waals surface area contributed by atoms with Gasteiger partial charge in [-0.1, -0.05) is 0 Å². The molecule has 0 aromatic carbocycles. The first-order valence-electron chi connectivity index (χ1n) is 9.47. The Morgan fingerprint density at radius 1 is 1.10 bits per heavy atom. The maximum absolute atomic E-state index is 13.3. The number of hydrogen-bond acceptors (Lipinski definition) is 5. The van der Waals surface area contributed by atoms with Crippen molar-refractivity contribution >= 4 is 21.7 Å². The smallest absolute Gasteiger partial charge is 0.548 e. The minimum Gasteiger partial charge on any atom is -0.548 e. The third-order valence-electron chi connectivity index (χ3n) is 6.16. The molecule has 5 rings (SSSR count). The van der Waals surface area contributed by atoms with Crippen molar-refractivity contribution in [2.45, 2.75) is 36.1 Å². The van der Waals surface area contributed by atoms with Crippen LogP contribution in [0.1, 0.15) is 13.3 Å². The van der Waals surface area contributed by atoms with Gasteiger partial charge in [-0.15, -0.1) is 0 Å². The molecule has 0 bridgehead atoms. The summed E-state index contributed by atoms with van der Waals surface area (Å²) < 4.78 is 30.3. The van der Waals surface area contributed by atoms with Gasteiger partial charge in [0.1, 0.15) is 15.9 Å². The summed E-state index contributed by atoms with van der Waals surface area (Å²) in [5.41, 5.74) is 0.805. The second kappa shape index (κ2) is 7.40. The van der Waals surface area contributed by atoms with Crippen molar-refractivity contribution in [3.63, 3.8) is 0 Å². The van der Waals surface area contributed by atoms with Crippen molar-refractivity contribution in [1.82, 2.24) is 18.6 Å². The average Bonchev–Trinajstić information content (AvgIpc) is 3.44. The van der Waals surface area contributed by atoms with Crippen molar-refractivity contribution in [3.05, 3.63) is 61.3 Å². The number of nitrogens with zero attached hydrogens (tertiary/aromatic N) is 4. The Morgan fingerprint density at radius 2 is 1.68 bits per heavy atom. The Kier molecular flexibility index (Phi) is 5.24. The van der Waals surface area contributed by atoms with Crippen LogP contribution in [0.4, 0.5) is 0 Å². The summed E-state index contributed by atoms with van der Waals surface area (Å²) in [5, 5.41) is 10.8. The van der Waals surface area contributed by atoms with E-state index in [2.05, 4.69) is 0 Å². The molecule has 2 aliphatic rings. The molecular formula is C20H19N4NaO5S. The van der Waals surface area contributed by atoms with Crippen molar-refractivity contribution in [2.75, 3.05) is 0 Å². The van der Waals surface area contributed by atoms with E-state index in [1.165, 1.54) is 6.92 Å². The van der Waals surface area contributed by atoms with Gasteiger partial charge in [-0.05, 0) is 37.3 Å². The number of carboxylic acids is 1. The van der Waals surface area contributed by atoms with Crippen molar-refractivity contribution in [1.29, 1.82) is 0 Å². The molecular weight excluding hydrogens is 431 g/mol. The number of hydrogen-bond donors (Lipinski definition) is 0. The van der Waals surface area contributed by atoms with E-state index in [0.717, 1.165) is 10.6 Å². The standard InChI is InChI=1S/C20H20N4O5S.Na/c1-20(17(19(26)27)24-15(25)12-16(24)30(20,28)29)13-23-11-6-14(21-7-2-3-8-21)18(23)22-9-4-5-10-22;/h2-11,16-17H,12-13H2,1H3,(H,26,27);/q;+1/p-1/t16-,17-,20+;/m0./s1. The second-order valence-electron chi connectivity index (χ2n) is 7.87. The van der Waals surface area contributed by atoms with Crippen LogP contribution in [0, 0.1) is 0 Å². The van der Waals surface area contributed by atoms with Gasteiger partial charge in [-0.25, -0.2) is 8.42 Å². The number of aliphatic carboxylic acids is 1. The Labute approximate surface area is 201 Å². The summed E-state index contributed by atoms with van der Waals surface area (Å²) >= 11 is 0. The second-order valence-corrected chi connectivity index (χ2v) is 10.4. The fourth-order valence-electron chi connectivity index (χ4n) is 4.64. The van der Waals surface area contributed by atoms with E-state index in [0.29, 0.717) is 5.82 Å². The molecule has 3 atom stereocenters. The largest absolute Gasteiger partial charge is 1.00 e. The van der Waals surface area contributed by atoms with Crippen LogP contribution < -0.4 is 34.7 Å². The molecule has 31 heavy (non-hydrogen) atoms. The molecule has 1 amide bonds. The Morgan fingerprint density at radius 3 is 2.23 bits per heavy atom. The monoisotopic (exact) mass is 450 g/mol. The number of rotatable bonds is 5. The Bertz CT molecular complexity index is 1250. The summed E-state index contributed by atoms with van der Waals surface area (Å²) in [6.07, 6.45) is 8.95. The molecule has 3 aromatic heterocycles. The van der Waals surface area contributed by atoms with Crippen LogP contribution >= 0.6 is 0 Å². The predicted molar refractivity (Wildman–Crippen MR) is 104 cm³/mol. The number of carbonyl (C=O) groups is 2. The number of β-lactam (4-membered cyclic amide) rings is 1. The Balaban J connectivity index is 0.00000231. The van der Waals surface area contributed by atoms with E-state index in [-0.39, 0.29) is 42.5 Å². The first kappa shape index (κ1) is 21.9. The molecule has 0 aliphatic carbocycles. The van der Waals surface area contributed by atoms with E-state index in [1.54, 1.807) is 10.8 Å². The molecule has 156 valence electrons. The van der Waals surface area contributed by atoms with E-state index >= 15 is 0 Å². The number of aromatic nitrogens is 3. The van der Waals surface area contributed by atoms with Gasteiger partial charge in [0.2, 0.25) is 5.91 Å². The fourth-order valence-corrected chi connectivity index (χ4v) is 7.00. The third-order valence-corrected chi connectivity index (χ3v) is 8.93. The quantitative estimate of drug-likeness (QED) is 0.303. The van der Waals surface area contributed by atoms with Crippen molar-refractivity contribution in [2.24, 2.45) is 0 Å². The van der Waals surface area contributed by atoms with Crippen LogP contribution in [-0.2, 0) is 26.0 Å². The van der Waals surface area contributed by atoms with Gasteiger partial charge in [0, 0.05) is 37.5 Å². The van der Waals surface area contributed by atoms with Crippen molar-refractivity contribution in [3.8, 4) is 11.5 Å². The average molecular weight is 450 g/mol. The number of carbonyl (C=O) groups excluding carboxylic acids is 2. The van der Waals surface area contributed by atoms with Crippen molar-refractivity contribution < 1.29 is 52.7 Å². The minimum absolute atomic E-state index is 0. The van der Waals surface area contributed by atoms with Gasteiger partial charge in [-0.3, -0.25) is 4.79 Å². The van der Waals surface area contributed by atoms with Crippen LogP contribution in [0.2, 0.25) is 0 Å². The number of carboxylic acid groups (broad SMARTS) is 1. The SMILES string of the molecule is C[C@@]1(Cn2ccc(-n3cccc3)c2-n2cccc2)[C@H](C(=O)[O-])N2C(=O)C[C@@H]2S1(=O)=O.[Na+]. The van der Waals surface area contributed by atoms with E-state index in [4.69, 9.17) is 0 Å². The zero-order valence-corrected chi connectivity index (χ0v) is 19.9. The van der Waals surface area contributed by atoms with Crippen LogP contribution in [0.15, 0.2) is 61.3 Å². The van der Waals surface area contributed by atoms with Gasteiger partial charge in [0.15, 0.2) is 9.84 Å². The normalized spacial score (nSPS) is 26.2. The number of amides is 1. The summed E-state index contributed by atoms with van der Waals surface area (Å²) in [6, 6.07) is 7.75. The van der Waals surface area contributed by atoms with E-state index in [1.807, 2.05) is 64.3 Å².